The topological polar surface area (TPSA) is 88.1 Å². The number of aromatic hydroxyl groups is 1. The van der Waals surface area contributed by atoms with Crippen LogP contribution in [-0.4, -0.2) is 33.1 Å². The van der Waals surface area contributed by atoms with E-state index in [1.807, 2.05) is 30.3 Å². The van der Waals surface area contributed by atoms with Crippen LogP contribution in [0.4, 0.5) is 0 Å². The first-order chi connectivity index (χ1) is 11.2. The highest BCUT2D eigenvalue weighted by Gasteiger charge is 2.18. The molecule has 0 atom stereocenters. The van der Waals surface area contributed by atoms with Crippen LogP contribution in [0.2, 0.25) is 0 Å². The first-order valence-electron chi connectivity index (χ1n) is 7.16. The Hall–Kier alpha value is -3.15. The molecule has 0 aliphatic carbocycles. The van der Waals surface area contributed by atoms with E-state index in [1.54, 1.807) is 25.1 Å². The van der Waals surface area contributed by atoms with Crippen LogP contribution in [0.25, 0.3) is 22.4 Å². The Kier molecular flexibility index (Phi) is 4.05. The minimum absolute atomic E-state index is 0.164. The fraction of sp³-hybridized carbons (Fsp3) is 0.118. The lowest BCUT2D eigenvalue weighted by atomic mass is 10.0. The summed E-state index contributed by atoms with van der Waals surface area (Å²) >= 11 is 0. The van der Waals surface area contributed by atoms with E-state index in [-0.39, 0.29) is 18.1 Å². The second-order valence-corrected chi connectivity index (χ2v) is 4.87. The van der Waals surface area contributed by atoms with Crippen molar-refractivity contribution in [2.45, 2.75) is 6.92 Å². The number of H-pyrrole nitrogens is 1. The minimum atomic E-state index is -0.506. The van der Waals surface area contributed by atoms with Gasteiger partial charge in [-0.2, -0.15) is 10.3 Å². The maximum Gasteiger partial charge on any atom is 0.361 e. The standard InChI is InChI=1S/C17H15N3O3/c1-2-23-17(22)16-15(18-20-19-16)12-8-6-11(7-9-12)13-4-3-5-14(21)10-13/h3-10,21H,2H2,1H3,(H,18,19,20). The van der Waals surface area contributed by atoms with Crippen molar-refractivity contribution < 1.29 is 14.6 Å². The predicted octanol–water partition coefficient (Wildman–Crippen LogP) is 3.02. The van der Waals surface area contributed by atoms with Crippen molar-refractivity contribution in [1.82, 2.24) is 15.4 Å². The summed E-state index contributed by atoms with van der Waals surface area (Å²) in [4.78, 5) is 11.9. The third-order valence-corrected chi connectivity index (χ3v) is 3.35. The van der Waals surface area contributed by atoms with Gasteiger partial charge in [-0.05, 0) is 30.2 Å². The van der Waals surface area contributed by atoms with Crippen LogP contribution in [0.15, 0.2) is 48.5 Å². The van der Waals surface area contributed by atoms with Crippen LogP contribution in [0.3, 0.4) is 0 Å². The van der Waals surface area contributed by atoms with Gasteiger partial charge in [0.15, 0.2) is 5.69 Å². The first kappa shape index (κ1) is 14.8. The van der Waals surface area contributed by atoms with Gasteiger partial charge in [0.2, 0.25) is 0 Å². The lowest BCUT2D eigenvalue weighted by Gasteiger charge is -2.05. The zero-order chi connectivity index (χ0) is 16.2. The van der Waals surface area contributed by atoms with E-state index < -0.39 is 5.97 Å². The van der Waals surface area contributed by atoms with Crippen LogP contribution < -0.4 is 0 Å². The number of hydrogen-bond acceptors (Lipinski definition) is 5. The van der Waals surface area contributed by atoms with Gasteiger partial charge in [0, 0.05) is 5.56 Å². The van der Waals surface area contributed by atoms with E-state index in [0.717, 1.165) is 16.7 Å². The Bertz CT molecular complexity index is 825. The number of rotatable bonds is 4. The second-order valence-electron chi connectivity index (χ2n) is 4.87. The summed E-state index contributed by atoms with van der Waals surface area (Å²) < 4.78 is 4.97. The van der Waals surface area contributed by atoms with Crippen LogP contribution in [0.5, 0.6) is 5.75 Å². The number of benzene rings is 2. The SMILES string of the molecule is CCOC(=O)c1n[nH]nc1-c1ccc(-c2cccc(O)c2)cc1. The van der Waals surface area contributed by atoms with Crippen LogP contribution in [-0.2, 0) is 4.74 Å². The number of carbonyl (C=O) groups excluding carboxylic acids is 1. The second kappa shape index (κ2) is 6.31. The molecule has 3 rings (SSSR count). The molecule has 0 amide bonds. The van der Waals surface area contributed by atoms with Crippen molar-refractivity contribution in [2.24, 2.45) is 0 Å². The van der Waals surface area contributed by atoms with Crippen molar-refractivity contribution in [3.8, 4) is 28.1 Å². The highest BCUT2D eigenvalue weighted by atomic mass is 16.5. The number of carbonyl (C=O) groups is 1. The van der Waals surface area contributed by atoms with Crippen LogP contribution in [0.1, 0.15) is 17.4 Å². The molecule has 6 nitrogen and oxygen atoms in total. The number of esters is 1. The van der Waals surface area contributed by atoms with Gasteiger partial charge in [-0.3, -0.25) is 0 Å². The quantitative estimate of drug-likeness (QED) is 0.723. The molecule has 2 N–H and O–H groups in total. The summed E-state index contributed by atoms with van der Waals surface area (Å²) in [6.07, 6.45) is 0. The highest BCUT2D eigenvalue weighted by molar-refractivity contribution is 5.94. The average Bonchev–Trinajstić information content (AvgIpc) is 3.05. The molecule has 2 aromatic carbocycles. The Morgan fingerprint density at radius 1 is 1.09 bits per heavy atom. The number of nitrogens with one attached hydrogen (secondary N) is 1. The van der Waals surface area contributed by atoms with Gasteiger partial charge in [0.1, 0.15) is 11.4 Å². The monoisotopic (exact) mass is 309 g/mol. The maximum atomic E-state index is 11.9. The van der Waals surface area contributed by atoms with Crippen molar-refractivity contribution in [2.75, 3.05) is 6.61 Å². The normalized spacial score (nSPS) is 10.5. The number of aromatic nitrogens is 3. The zero-order valence-electron chi connectivity index (χ0n) is 12.5. The molecule has 1 aromatic heterocycles. The van der Waals surface area contributed by atoms with E-state index in [0.29, 0.717) is 5.69 Å². The van der Waals surface area contributed by atoms with Gasteiger partial charge in [-0.1, -0.05) is 36.4 Å². The Morgan fingerprint density at radius 2 is 1.83 bits per heavy atom. The Balaban J connectivity index is 1.92. The number of phenols is 1. The summed E-state index contributed by atoms with van der Waals surface area (Å²) in [5.74, 6) is -0.291. The van der Waals surface area contributed by atoms with E-state index in [4.69, 9.17) is 4.74 Å². The minimum Gasteiger partial charge on any atom is -0.508 e. The van der Waals surface area contributed by atoms with Crippen LogP contribution >= 0.6 is 0 Å². The molecule has 116 valence electrons. The number of ether oxygens (including phenoxy) is 1. The third kappa shape index (κ3) is 3.06. The van der Waals surface area contributed by atoms with Gasteiger partial charge < -0.3 is 9.84 Å². The molecule has 0 saturated heterocycles. The Labute approximate surface area is 132 Å². The number of hydrogen-bond donors (Lipinski definition) is 2. The van der Waals surface area contributed by atoms with Gasteiger partial charge in [-0.15, -0.1) is 5.10 Å². The third-order valence-electron chi connectivity index (χ3n) is 3.35. The van der Waals surface area contributed by atoms with E-state index in [9.17, 15) is 9.90 Å². The molecule has 0 aliphatic heterocycles. The number of nitrogens with zero attached hydrogens (tertiary/aromatic N) is 2. The fourth-order valence-electron chi connectivity index (χ4n) is 2.28. The molecule has 1 heterocycles. The maximum absolute atomic E-state index is 11.9. The molecule has 6 heteroatoms. The van der Waals surface area contributed by atoms with Crippen molar-refractivity contribution in [3.05, 3.63) is 54.2 Å². The molecule has 3 aromatic rings. The lowest BCUT2D eigenvalue weighted by Crippen LogP contribution is -2.06. The molecule has 0 unspecified atom stereocenters. The summed E-state index contributed by atoms with van der Waals surface area (Å²) in [5.41, 5.74) is 3.22. The van der Waals surface area contributed by atoms with Crippen molar-refractivity contribution in [3.63, 3.8) is 0 Å². The summed E-state index contributed by atoms with van der Waals surface area (Å²) in [5, 5.41) is 19.9. The fourth-order valence-corrected chi connectivity index (χ4v) is 2.28. The van der Waals surface area contributed by atoms with Crippen molar-refractivity contribution in [1.29, 1.82) is 0 Å². The predicted molar refractivity (Wildman–Crippen MR) is 84.9 cm³/mol. The largest absolute Gasteiger partial charge is 0.508 e. The van der Waals surface area contributed by atoms with Gasteiger partial charge in [-0.25, -0.2) is 4.79 Å². The van der Waals surface area contributed by atoms with E-state index in [2.05, 4.69) is 15.4 Å². The van der Waals surface area contributed by atoms with Crippen LogP contribution in [0, 0.1) is 0 Å². The van der Waals surface area contributed by atoms with Gasteiger partial charge >= 0.3 is 5.97 Å². The first-order valence-corrected chi connectivity index (χ1v) is 7.16. The average molecular weight is 309 g/mol. The molecule has 0 aliphatic rings. The molecule has 0 bridgehead atoms. The van der Waals surface area contributed by atoms with Gasteiger partial charge in [0.25, 0.3) is 0 Å². The molecule has 23 heavy (non-hydrogen) atoms. The summed E-state index contributed by atoms with van der Waals surface area (Å²) in [7, 11) is 0. The lowest BCUT2D eigenvalue weighted by molar-refractivity contribution is 0.0520. The smallest absolute Gasteiger partial charge is 0.361 e. The molecular formula is C17H15N3O3. The van der Waals surface area contributed by atoms with Gasteiger partial charge in [0.05, 0.1) is 6.61 Å². The summed E-state index contributed by atoms with van der Waals surface area (Å²) in [6, 6.07) is 14.5. The molecule has 0 fully saturated rings. The number of aromatic amines is 1. The molecular weight excluding hydrogens is 294 g/mol. The Morgan fingerprint density at radius 3 is 2.52 bits per heavy atom. The number of phenolic OH excluding ortho intramolecular Hbond substituents is 1. The molecule has 0 spiro atoms. The van der Waals surface area contributed by atoms with Crippen molar-refractivity contribution >= 4 is 5.97 Å². The van der Waals surface area contributed by atoms with E-state index >= 15 is 0 Å². The van der Waals surface area contributed by atoms with E-state index in [1.165, 1.54) is 0 Å². The molecule has 0 saturated carbocycles. The summed E-state index contributed by atoms with van der Waals surface area (Å²) in [6.45, 7) is 2.02. The zero-order valence-corrected chi connectivity index (χ0v) is 12.5. The highest BCUT2D eigenvalue weighted by Crippen LogP contribution is 2.27. The molecule has 0 radical (unpaired) electrons.